The first-order chi connectivity index (χ1) is 8.97. The Morgan fingerprint density at radius 3 is 2.21 bits per heavy atom. The molecule has 0 saturated heterocycles. The molecule has 2 rings (SSSR count). The van der Waals surface area contributed by atoms with E-state index in [-0.39, 0.29) is 5.41 Å². The molecule has 2 aromatic carbocycles. The number of anilines is 1. The van der Waals surface area contributed by atoms with Gasteiger partial charge in [-0.05, 0) is 28.7 Å². The van der Waals surface area contributed by atoms with Gasteiger partial charge in [0, 0.05) is 19.3 Å². The van der Waals surface area contributed by atoms with E-state index < -0.39 is 0 Å². The van der Waals surface area contributed by atoms with Crippen LogP contribution in [0.5, 0.6) is 0 Å². The number of para-hydroxylation sites is 1. The molecule has 100 valence electrons. The largest absolute Gasteiger partial charge is 0.370 e. The smallest absolute Gasteiger partial charge is 0.0426 e. The molecular weight excluding hydrogens is 230 g/mol. The SMILES string of the molecule is CN(Cc1cccc(C(C)(C)C)c1)c1ccccc1. The first kappa shape index (κ1) is 13.7. The quantitative estimate of drug-likeness (QED) is 0.771. The van der Waals surface area contributed by atoms with Crippen LogP contribution in [0.3, 0.4) is 0 Å². The molecule has 1 nitrogen and oxygen atoms in total. The van der Waals surface area contributed by atoms with Gasteiger partial charge in [0.15, 0.2) is 0 Å². The fourth-order valence-corrected chi connectivity index (χ4v) is 2.18. The number of hydrogen-bond acceptors (Lipinski definition) is 1. The number of rotatable bonds is 3. The molecule has 0 unspecified atom stereocenters. The minimum Gasteiger partial charge on any atom is -0.370 e. The molecule has 19 heavy (non-hydrogen) atoms. The number of hydrogen-bond donors (Lipinski definition) is 0. The van der Waals surface area contributed by atoms with Crippen molar-refractivity contribution in [1.82, 2.24) is 0 Å². The van der Waals surface area contributed by atoms with E-state index in [0.717, 1.165) is 6.54 Å². The van der Waals surface area contributed by atoms with Gasteiger partial charge >= 0.3 is 0 Å². The van der Waals surface area contributed by atoms with Gasteiger partial charge in [-0.2, -0.15) is 0 Å². The van der Waals surface area contributed by atoms with Crippen LogP contribution in [0.15, 0.2) is 54.6 Å². The minimum atomic E-state index is 0.210. The Kier molecular flexibility index (Phi) is 3.94. The highest BCUT2D eigenvalue weighted by atomic mass is 15.1. The molecule has 0 atom stereocenters. The summed E-state index contributed by atoms with van der Waals surface area (Å²) in [4.78, 5) is 2.28. The molecule has 0 aliphatic heterocycles. The molecule has 0 N–H and O–H groups in total. The summed E-state index contributed by atoms with van der Waals surface area (Å²) < 4.78 is 0. The van der Waals surface area contributed by atoms with Crippen LogP contribution in [0, 0.1) is 0 Å². The molecule has 0 aromatic heterocycles. The lowest BCUT2D eigenvalue weighted by Crippen LogP contribution is -2.17. The summed E-state index contributed by atoms with van der Waals surface area (Å²) in [5.74, 6) is 0. The van der Waals surface area contributed by atoms with E-state index in [1.165, 1.54) is 16.8 Å². The Labute approximate surface area is 116 Å². The van der Waals surface area contributed by atoms with Crippen molar-refractivity contribution in [1.29, 1.82) is 0 Å². The highest BCUT2D eigenvalue weighted by Gasteiger charge is 2.13. The van der Waals surface area contributed by atoms with Crippen molar-refractivity contribution in [3.63, 3.8) is 0 Å². The van der Waals surface area contributed by atoms with Crippen LogP contribution in [0.1, 0.15) is 31.9 Å². The van der Waals surface area contributed by atoms with Gasteiger partial charge in [-0.1, -0.05) is 63.2 Å². The van der Waals surface area contributed by atoms with E-state index in [1.54, 1.807) is 0 Å². The van der Waals surface area contributed by atoms with Gasteiger partial charge in [0.1, 0.15) is 0 Å². The van der Waals surface area contributed by atoms with Gasteiger partial charge in [-0.25, -0.2) is 0 Å². The Morgan fingerprint density at radius 2 is 1.58 bits per heavy atom. The van der Waals surface area contributed by atoms with Crippen molar-refractivity contribution in [3.05, 3.63) is 65.7 Å². The zero-order chi connectivity index (χ0) is 13.9. The highest BCUT2D eigenvalue weighted by molar-refractivity contribution is 5.46. The Balaban J connectivity index is 2.16. The van der Waals surface area contributed by atoms with E-state index in [2.05, 4.69) is 87.3 Å². The molecule has 0 fully saturated rings. The summed E-state index contributed by atoms with van der Waals surface area (Å²) in [7, 11) is 2.14. The van der Waals surface area contributed by atoms with Gasteiger partial charge in [0.25, 0.3) is 0 Å². The van der Waals surface area contributed by atoms with Crippen molar-refractivity contribution >= 4 is 5.69 Å². The molecule has 0 radical (unpaired) electrons. The van der Waals surface area contributed by atoms with E-state index >= 15 is 0 Å². The Morgan fingerprint density at radius 1 is 0.895 bits per heavy atom. The zero-order valence-corrected chi connectivity index (χ0v) is 12.4. The second-order valence-electron chi connectivity index (χ2n) is 6.14. The number of benzene rings is 2. The third-order valence-electron chi connectivity index (χ3n) is 3.41. The van der Waals surface area contributed by atoms with Gasteiger partial charge in [0.05, 0.1) is 0 Å². The van der Waals surface area contributed by atoms with E-state index in [9.17, 15) is 0 Å². The lowest BCUT2D eigenvalue weighted by molar-refractivity contribution is 0.589. The fourth-order valence-electron chi connectivity index (χ4n) is 2.18. The third-order valence-corrected chi connectivity index (χ3v) is 3.41. The van der Waals surface area contributed by atoms with Gasteiger partial charge in [-0.3, -0.25) is 0 Å². The normalized spacial score (nSPS) is 11.4. The maximum Gasteiger partial charge on any atom is 0.0426 e. The minimum absolute atomic E-state index is 0.210. The summed E-state index contributed by atoms with van der Waals surface area (Å²) in [5.41, 5.74) is 4.22. The Bertz CT molecular complexity index is 523. The van der Waals surface area contributed by atoms with Crippen LogP contribution in [0.4, 0.5) is 5.69 Å². The van der Waals surface area contributed by atoms with Crippen LogP contribution < -0.4 is 4.90 Å². The molecule has 0 saturated carbocycles. The standard InChI is InChI=1S/C18H23N/c1-18(2,3)16-10-8-9-15(13-16)14-19(4)17-11-6-5-7-12-17/h5-13H,14H2,1-4H3. The summed E-state index contributed by atoms with van der Waals surface area (Å²) >= 11 is 0. The van der Waals surface area contributed by atoms with E-state index in [0.29, 0.717) is 0 Å². The van der Waals surface area contributed by atoms with E-state index in [1.807, 2.05) is 0 Å². The van der Waals surface area contributed by atoms with Crippen LogP contribution in [0.25, 0.3) is 0 Å². The van der Waals surface area contributed by atoms with Crippen molar-refractivity contribution in [3.8, 4) is 0 Å². The van der Waals surface area contributed by atoms with Gasteiger partial charge < -0.3 is 4.90 Å². The van der Waals surface area contributed by atoms with Crippen LogP contribution in [0.2, 0.25) is 0 Å². The average molecular weight is 253 g/mol. The Hall–Kier alpha value is -1.76. The number of nitrogens with zero attached hydrogens (tertiary/aromatic N) is 1. The molecule has 0 heterocycles. The summed E-state index contributed by atoms with van der Waals surface area (Å²) in [6.07, 6.45) is 0. The summed E-state index contributed by atoms with van der Waals surface area (Å²) in [6, 6.07) is 19.4. The molecule has 0 bridgehead atoms. The lowest BCUT2D eigenvalue weighted by atomic mass is 9.86. The van der Waals surface area contributed by atoms with Crippen molar-refractivity contribution < 1.29 is 0 Å². The van der Waals surface area contributed by atoms with Crippen LogP contribution >= 0.6 is 0 Å². The van der Waals surface area contributed by atoms with Crippen molar-refractivity contribution in [2.45, 2.75) is 32.7 Å². The second kappa shape index (κ2) is 5.48. The average Bonchev–Trinajstić information content (AvgIpc) is 2.39. The molecular formula is C18H23N. The van der Waals surface area contributed by atoms with E-state index in [4.69, 9.17) is 0 Å². The highest BCUT2D eigenvalue weighted by Crippen LogP contribution is 2.24. The fraction of sp³-hybridized carbons (Fsp3) is 0.333. The van der Waals surface area contributed by atoms with Crippen LogP contribution in [-0.2, 0) is 12.0 Å². The molecule has 0 aliphatic rings. The van der Waals surface area contributed by atoms with Gasteiger partial charge in [-0.15, -0.1) is 0 Å². The van der Waals surface area contributed by atoms with Crippen LogP contribution in [-0.4, -0.2) is 7.05 Å². The van der Waals surface area contributed by atoms with Gasteiger partial charge in [0.2, 0.25) is 0 Å². The molecule has 0 amide bonds. The first-order valence-electron chi connectivity index (χ1n) is 6.82. The maximum absolute atomic E-state index is 2.32. The maximum atomic E-state index is 2.32. The molecule has 1 heteroatoms. The predicted octanol–water partition coefficient (Wildman–Crippen LogP) is 4.62. The summed E-state index contributed by atoms with van der Waals surface area (Å²) in [5, 5.41) is 0. The molecule has 0 aliphatic carbocycles. The molecule has 2 aromatic rings. The first-order valence-corrected chi connectivity index (χ1v) is 6.82. The predicted molar refractivity (Wildman–Crippen MR) is 83.7 cm³/mol. The van der Waals surface area contributed by atoms with Crippen molar-refractivity contribution in [2.24, 2.45) is 0 Å². The molecule has 0 spiro atoms. The summed E-state index contributed by atoms with van der Waals surface area (Å²) in [6.45, 7) is 7.71. The lowest BCUT2D eigenvalue weighted by Gasteiger charge is -2.23. The third kappa shape index (κ3) is 3.60. The monoisotopic (exact) mass is 253 g/mol. The topological polar surface area (TPSA) is 3.24 Å². The second-order valence-corrected chi connectivity index (χ2v) is 6.14. The zero-order valence-electron chi connectivity index (χ0n) is 12.4. The van der Waals surface area contributed by atoms with Crippen molar-refractivity contribution in [2.75, 3.05) is 11.9 Å².